The average molecular weight is 273 g/mol. The predicted molar refractivity (Wildman–Crippen MR) is 73.1 cm³/mol. The lowest BCUT2D eigenvalue weighted by atomic mass is 9.97. The number of nitrogens with zero attached hydrogens (tertiary/aromatic N) is 1. The Morgan fingerprint density at radius 1 is 1.35 bits per heavy atom. The zero-order chi connectivity index (χ0) is 14.9. The molecule has 5 heteroatoms. The molecule has 5 nitrogen and oxygen atoms in total. The molecular formula is C15H15NO4. The van der Waals surface area contributed by atoms with Gasteiger partial charge in [-0.15, -0.1) is 6.58 Å². The SMILES string of the molecule is C=CCN1C(=O)C(O)=C(C(C)=O)C1c1ccc(O)cc1. The molecule has 1 aromatic rings. The van der Waals surface area contributed by atoms with Crippen molar-refractivity contribution in [1.82, 2.24) is 4.90 Å². The number of phenols is 1. The number of hydrogen-bond donors (Lipinski definition) is 2. The monoisotopic (exact) mass is 273 g/mol. The third-order valence-corrected chi connectivity index (χ3v) is 3.22. The summed E-state index contributed by atoms with van der Waals surface area (Å²) >= 11 is 0. The molecule has 0 saturated heterocycles. The van der Waals surface area contributed by atoms with Crippen LogP contribution in [0.2, 0.25) is 0 Å². The van der Waals surface area contributed by atoms with E-state index in [0.29, 0.717) is 5.56 Å². The Morgan fingerprint density at radius 3 is 2.45 bits per heavy atom. The largest absolute Gasteiger partial charge is 0.508 e. The number of hydrogen-bond acceptors (Lipinski definition) is 4. The molecule has 1 aromatic carbocycles. The second kappa shape index (κ2) is 5.21. The zero-order valence-corrected chi connectivity index (χ0v) is 11.0. The Labute approximate surface area is 116 Å². The summed E-state index contributed by atoms with van der Waals surface area (Å²) in [5.74, 6) is -1.38. The van der Waals surface area contributed by atoms with Crippen LogP contribution >= 0.6 is 0 Å². The third-order valence-electron chi connectivity index (χ3n) is 3.22. The van der Waals surface area contributed by atoms with Crippen LogP contribution in [0.4, 0.5) is 0 Å². The lowest BCUT2D eigenvalue weighted by Crippen LogP contribution is -2.31. The quantitative estimate of drug-likeness (QED) is 0.821. The normalized spacial score (nSPS) is 18.6. The third kappa shape index (κ3) is 2.18. The van der Waals surface area contributed by atoms with Crippen molar-refractivity contribution in [1.29, 1.82) is 0 Å². The van der Waals surface area contributed by atoms with E-state index in [2.05, 4.69) is 6.58 Å². The van der Waals surface area contributed by atoms with Crippen LogP contribution in [0.15, 0.2) is 48.3 Å². The molecule has 0 aliphatic carbocycles. The molecule has 0 fully saturated rings. The minimum absolute atomic E-state index is 0.0718. The van der Waals surface area contributed by atoms with Crippen molar-refractivity contribution in [2.24, 2.45) is 0 Å². The maximum atomic E-state index is 12.0. The highest BCUT2D eigenvalue weighted by Gasteiger charge is 2.41. The smallest absolute Gasteiger partial charge is 0.290 e. The lowest BCUT2D eigenvalue weighted by molar-refractivity contribution is -0.128. The van der Waals surface area contributed by atoms with Gasteiger partial charge in [-0.3, -0.25) is 9.59 Å². The van der Waals surface area contributed by atoms with E-state index in [1.54, 1.807) is 12.1 Å². The van der Waals surface area contributed by atoms with Crippen LogP contribution in [0.3, 0.4) is 0 Å². The molecule has 104 valence electrons. The molecule has 0 spiro atoms. The average Bonchev–Trinajstić information content (AvgIpc) is 2.65. The molecular weight excluding hydrogens is 258 g/mol. The summed E-state index contributed by atoms with van der Waals surface area (Å²) in [6.45, 7) is 5.10. The molecule has 2 rings (SSSR count). The predicted octanol–water partition coefficient (Wildman–Crippen LogP) is 1.86. The van der Waals surface area contributed by atoms with E-state index in [4.69, 9.17) is 0 Å². The summed E-state index contributed by atoms with van der Waals surface area (Å²) in [5.41, 5.74) is 0.717. The Hall–Kier alpha value is -2.56. The van der Waals surface area contributed by atoms with Gasteiger partial charge < -0.3 is 15.1 Å². The first-order chi connectivity index (χ1) is 9.47. The van der Waals surface area contributed by atoms with Gasteiger partial charge in [-0.2, -0.15) is 0 Å². The van der Waals surface area contributed by atoms with E-state index in [1.807, 2.05) is 0 Å². The van der Waals surface area contributed by atoms with E-state index in [1.165, 1.54) is 30.0 Å². The standard InChI is InChI=1S/C15H15NO4/c1-3-8-16-13(10-4-6-11(18)7-5-10)12(9(2)17)14(19)15(16)20/h3-7,13,18-19H,1,8H2,2H3. The summed E-state index contributed by atoms with van der Waals surface area (Å²) < 4.78 is 0. The van der Waals surface area contributed by atoms with Gasteiger partial charge in [-0.05, 0) is 24.6 Å². The van der Waals surface area contributed by atoms with Gasteiger partial charge in [0.15, 0.2) is 11.5 Å². The second-order valence-electron chi connectivity index (χ2n) is 4.56. The van der Waals surface area contributed by atoms with Gasteiger partial charge in [0.05, 0.1) is 11.6 Å². The highest BCUT2D eigenvalue weighted by Crippen LogP contribution is 2.37. The van der Waals surface area contributed by atoms with Crippen molar-refractivity contribution in [3.8, 4) is 5.75 Å². The summed E-state index contributed by atoms with van der Waals surface area (Å²) in [6, 6.07) is 5.52. The first kappa shape index (κ1) is 13.9. The number of amides is 1. The van der Waals surface area contributed by atoms with Crippen LogP contribution in [0.25, 0.3) is 0 Å². The van der Waals surface area contributed by atoms with Crippen LogP contribution < -0.4 is 0 Å². The molecule has 20 heavy (non-hydrogen) atoms. The number of aliphatic hydroxyl groups is 1. The van der Waals surface area contributed by atoms with Gasteiger partial charge in [0, 0.05) is 6.54 Å². The molecule has 1 aliphatic heterocycles. The molecule has 1 unspecified atom stereocenters. The summed E-state index contributed by atoms with van der Waals surface area (Å²) in [7, 11) is 0. The number of rotatable bonds is 4. The first-order valence-corrected chi connectivity index (χ1v) is 6.12. The van der Waals surface area contributed by atoms with Crippen LogP contribution in [-0.4, -0.2) is 33.3 Å². The van der Waals surface area contributed by atoms with Crippen molar-refractivity contribution in [3.63, 3.8) is 0 Å². The highest BCUT2D eigenvalue weighted by atomic mass is 16.3. The number of carbonyl (C=O) groups is 2. The molecule has 1 amide bonds. The van der Waals surface area contributed by atoms with E-state index < -0.39 is 17.7 Å². The van der Waals surface area contributed by atoms with E-state index >= 15 is 0 Å². The van der Waals surface area contributed by atoms with E-state index in [-0.39, 0.29) is 23.7 Å². The fourth-order valence-corrected chi connectivity index (χ4v) is 2.34. The number of Topliss-reactive ketones (excluding diaryl/α,β-unsaturated/α-hetero) is 1. The first-order valence-electron chi connectivity index (χ1n) is 6.12. The molecule has 0 radical (unpaired) electrons. The summed E-state index contributed by atoms with van der Waals surface area (Å²) in [6.07, 6.45) is 1.53. The molecule has 1 atom stereocenters. The van der Waals surface area contributed by atoms with Gasteiger partial charge in [0.1, 0.15) is 5.75 Å². The van der Waals surface area contributed by atoms with Gasteiger partial charge in [-0.25, -0.2) is 0 Å². The number of phenolic OH excluding ortho intramolecular Hbond substituents is 1. The van der Waals surface area contributed by atoms with Crippen molar-refractivity contribution < 1.29 is 19.8 Å². The van der Waals surface area contributed by atoms with Crippen molar-refractivity contribution in [3.05, 3.63) is 53.8 Å². The molecule has 0 saturated carbocycles. The van der Waals surface area contributed by atoms with Gasteiger partial charge in [0.2, 0.25) is 0 Å². The molecule has 1 heterocycles. The fourth-order valence-electron chi connectivity index (χ4n) is 2.34. The highest BCUT2D eigenvalue weighted by molar-refractivity contribution is 6.08. The molecule has 0 aromatic heterocycles. The maximum Gasteiger partial charge on any atom is 0.290 e. The Morgan fingerprint density at radius 2 is 1.95 bits per heavy atom. The number of ketones is 1. The van der Waals surface area contributed by atoms with Crippen LogP contribution in [0.5, 0.6) is 5.75 Å². The fraction of sp³-hybridized carbons (Fsp3) is 0.200. The van der Waals surface area contributed by atoms with E-state index in [0.717, 1.165) is 0 Å². The van der Waals surface area contributed by atoms with Gasteiger partial charge >= 0.3 is 0 Å². The second-order valence-corrected chi connectivity index (χ2v) is 4.56. The number of benzene rings is 1. The molecule has 1 aliphatic rings. The Balaban J connectivity index is 2.54. The zero-order valence-electron chi connectivity index (χ0n) is 11.0. The van der Waals surface area contributed by atoms with Gasteiger partial charge in [0.25, 0.3) is 5.91 Å². The minimum Gasteiger partial charge on any atom is -0.508 e. The number of carbonyl (C=O) groups excluding carboxylic acids is 2. The summed E-state index contributed by atoms with van der Waals surface area (Å²) in [4.78, 5) is 25.1. The number of aromatic hydroxyl groups is 1. The van der Waals surface area contributed by atoms with E-state index in [9.17, 15) is 19.8 Å². The maximum absolute atomic E-state index is 12.0. The Kier molecular flexibility index (Phi) is 3.61. The summed E-state index contributed by atoms with van der Waals surface area (Å²) in [5, 5.41) is 19.2. The van der Waals surface area contributed by atoms with Crippen LogP contribution in [0, 0.1) is 0 Å². The topological polar surface area (TPSA) is 77.8 Å². The Bertz CT molecular complexity index is 601. The lowest BCUT2D eigenvalue weighted by Gasteiger charge is -2.25. The van der Waals surface area contributed by atoms with Crippen molar-refractivity contribution >= 4 is 11.7 Å². The van der Waals surface area contributed by atoms with Crippen molar-refractivity contribution in [2.75, 3.05) is 6.54 Å². The van der Waals surface area contributed by atoms with Crippen molar-refractivity contribution in [2.45, 2.75) is 13.0 Å². The minimum atomic E-state index is -0.654. The van der Waals surface area contributed by atoms with Crippen LogP contribution in [0.1, 0.15) is 18.5 Å². The van der Waals surface area contributed by atoms with Gasteiger partial charge in [-0.1, -0.05) is 18.2 Å². The van der Waals surface area contributed by atoms with Crippen LogP contribution in [-0.2, 0) is 9.59 Å². The molecule has 0 bridgehead atoms. The molecule has 2 N–H and O–H groups in total. The number of aliphatic hydroxyl groups excluding tert-OH is 1.